The van der Waals surface area contributed by atoms with Crippen molar-refractivity contribution in [3.63, 3.8) is 0 Å². The van der Waals surface area contributed by atoms with Gasteiger partial charge in [0, 0.05) is 11.4 Å². The molecule has 2 atom stereocenters. The van der Waals surface area contributed by atoms with Crippen LogP contribution in [0.25, 0.3) is 0 Å². The Balaban J connectivity index is 1.73. The molecule has 2 amide bonds. The summed E-state index contributed by atoms with van der Waals surface area (Å²) in [7, 11) is -3.19. The molecule has 2 heterocycles. The van der Waals surface area contributed by atoms with Crippen molar-refractivity contribution in [1.29, 1.82) is 0 Å². The Bertz CT molecular complexity index is 912. The Kier molecular flexibility index (Phi) is 4.11. The molecule has 0 aliphatic carbocycles. The van der Waals surface area contributed by atoms with Gasteiger partial charge in [-0.1, -0.05) is 18.2 Å². The highest BCUT2D eigenvalue weighted by Gasteiger charge is 2.54. The number of fused-ring (bicyclic) bond motifs is 1. The van der Waals surface area contributed by atoms with Crippen LogP contribution in [0, 0.1) is 0 Å². The molecule has 0 unspecified atom stereocenters. The van der Waals surface area contributed by atoms with Crippen molar-refractivity contribution < 1.29 is 17.9 Å². The monoisotopic (exact) mass is 372 g/mol. The van der Waals surface area contributed by atoms with E-state index >= 15 is 0 Å². The summed E-state index contributed by atoms with van der Waals surface area (Å²) in [6, 6.07) is 15.5. The number of sulfone groups is 1. The first-order valence-corrected chi connectivity index (χ1v) is 10.4. The van der Waals surface area contributed by atoms with Crippen LogP contribution in [0.4, 0.5) is 16.2 Å². The van der Waals surface area contributed by atoms with Gasteiger partial charge < -0.3 is 4.74 Å². The molecule has 26 heavy (non-hydrogen) atoms. The van der Waals surface area contributed by atoms with Crippen LogP contribution < -0.4 is 14.5 Å². The fourth-order valence-corrected chi connectivity index (χ4v) is 5.68. The first-order valence-electron chi connectivity index (χ1n) is 8.61. The second-order valence-corrected chi connectivity index (χ2v) is 8.65. The van der Waals surface area contributed by atoms with E-state index in [0.717, 1.165) is 11.4 Å². The zero-order chi connectivity index (χ0) is 18.3. The lowest BCUT2D eigenvalue weighted by Gasteiger charge is -2.22. The molecule has 2 aliphatic rings. The van der Waals surface area contributed by atoms with Crippen LogP contribution in [0.15, 0.2) is 54.6 Å². The lowest BCUT2D eigenvalue weighted by Crippen LogP contribution is -2.37. The summed E-state index contributed by atoms with van der Waals surface area (Å²) in [6.07, 6.45) is 0. The number of hydrogen-bond donors (Lipinski definition) is 0. The molecule has 2 aromatic rings. The van der Waals surface area contributed by atoms with Crippen molar-refractivity contribution in [2.45, 2.75) is 19.0 Å². The third-order valence-electron chi connectivity index (χ3n) is 4.83. The predicted octanol–water partition coefficient (Wildman–Crippen LogP) is 2.70. The van der Waals surface area contributed by atoms with Crippen molar-refractivity contribution in [3.05, 3.63) is 54.6 Å². The maximum Gasteiger partial charge on any atom is 0.329 e. The van der Waals surface area contributed by atoms with Gasteiger partial charge in [-0.05, 0) is 43.3 Å². The van der Waals surface area contributed by atoms with Gasteiger partial charge in [0.25, 0.3) is 0 Å². The largest absolute Gasteiger partial charge is 0.494 e. The Morgan fingerprint density at radius 3 is 2.00 bits per heavy atom. The predicted molar refractivity (Wildman–Crippen MR) is 101 cm³/mol. The fraction of sp³-hybridized carbons (Fsp3) is 0.316. The molecule has 136 valence electrons. The number of rotatable bonds is 4. The molecule has 0 aromatic heterocycles. The smallest absolute Gasteiger partial charge is 0.329 e. The molecular formula is C19H20N2O4S. The van der Waals surface area contributed by atoms with Crippen molar-refractivity contribution in [1.82, 2.24) is 0 Å². The second kappa shape index (κ2) is 6.32. The highest BCUT2D eigenvalue weighted by molar-refractivity contribution is 7.91. The Morgan fingerprint density at radius 2 is 1.46 bits per heavy atom. The van der Waals surface area contributed by atoms with E-state index < -0.39 is 9.84 Å². The summed E-state index contributed by atoms with van der Waals surface area (Å²) in [5.41, 5.74) is 1.40. The molecule has 6 nitrogen and oxygen atoms in total. The average molecular weight is 372 g/mol. The van der Waals surface area contributed by atoms with E-state index in [4.69, 9.17) is 4.74 Å². The van der Waals surface area contributed by atoms with E-state index in [9.17, 15) is 13.2 Å². The molecule has 2 fully saturated rings. The molecule has 0 bridgehead atoms. The van der Waals surface area contributed by atoms with E-state index in [1.165, 1.54) is 0 Å². The normalized spacial score (nSPS) is 24.0. The third kappa shape index (κ3) is 2.82. The van der Waals surface area contributed by atoms with Gasteiger partial charge >= 0.3 is 6.03 Å². The maximum absolute atomic E-state index is 13.2. The van der Waals surface area contributed by atoms with Gasteiger partial charge in [0.1, 0.15) is 5.75 Å². The number of nitrogens with zero attached hydrogens (tertiary/aromatic N) is 2. The van der Waals surface area contributed by atoms with Gasteiger partial charge in [-0.2, -0.15) is 0 Å². The SMILES string of the molecule is CCOc1ccc(N2C(=O)N(c3ccccc3)[C@@H]3CS(=O)(=O)C[C@H]32)cc1. The number of urea groups is 1. The van der Waals surface area contributed by atoms with Crippen LogP contribution >= 0.6 is 0 Å². The highest BCUT2D eigenvalue weighted by Crippen LogP contribution is 2.38. The first kappa shape index (κ1) is 16.9. The lowest BCUT2D eigenvalue weighted by molar-refractivity contribution is 0.255. The standard InChI is InChI=1S/C19H20N2O4S/c1-2-25-16-10-8-15(9-11-16)21-18-13-26(23,24)12-17(18)20(19(21)22)14-6-4-3-5-7-14/h3-11,17-18H,2,12-13H2,1H3/t17-,18-/m1/s1. The van der Waals surface area contributed by atoms with Crippen LogP contribution in [-0.2, 0) is 9.84 Å². The molecular weight excluding hydrogens is 352 g/mol. The molecule has 7 heteroatoms. The minimum Gasteiger partial charge on any atom is -0.494 e. The summed E-state index contributed by atoms with van der Waals surface area (Å²) in [5.74, 6) is 0.699. The number of anilines is 2. The number of hydrogen-bond acceptors (Lipinski definition) is 4. The van der Waals surface area contributed by atoms with Crippen LogP contribution in [-0.4, -0.2) is 44.6 Å². The van der Waals surface area contributed by atoms with E-state index in [0.29, 0.717) is 12.3 Å². The number of amides is 2. The average Bonchev–Trinajstić information content (AvgIpc) is 3.05. The van der Waals surface area contributed by atoms with Crippen LogP contribution in [0.2, 0.25) is 0 Å². The summed E-state index contributed by atoms with van der Waals surface area (Å²) in [6.45, 7) is 2.47. The van der Waals surface area contributed by atoms with Gasteiger partial charge in [-0.3, -0.25) is 9.80 Å². The highest BCUT2D eigenvalue weighted by atomic mass is 32.2. The summed E-state index contributed by atoms with van der Waals surface area (Å²) in [4.78, 5) is 16.4. The fourth-order valence-electron chi connectivity index (χ4n) is 3.77. The lowest BCUT2D eigenvalue weighted by atomic mass is 10.1. The Labute approximate surface area is 152 Å². The Morgan fingerprint density at radius 1 is 0.923 bits per heavy atom. The number of carbonyl (C=O) groups excluding carboxylic acids is 1. The van der Waals surface area contributed by atoms with Crippen molar-refractivity contribution in [2.24, 2.45) is 0 Å². The number of carbonyl (C=O) groups is 1. The third-order valence-corrected chi connectivity index (χ3v) is 6.53. The van der Waals surface area contributed by atoms with Crippen LogP contribution in [0.1, 0.15) is 6.92 Å². The number of ether oxygens (including phenoxy) is 1. The quantitative estimate of drug-likeness (QED) is 0.774. The van der Waals surface area contributed by atoms with Gasteiger partial charge in [0.2, 0.25) is 0 Å². The zero-order valence-corrected chi connectivity index (χ0v) is 15.2. The minimum absolute atomic E-state index is 0.00810. The molecule has 2 aromatic carbocycles. The molecule has 0 radical (unpaired) electrons. The second-order valence-electron chi connectivity index (χ2n) is 6.50. The van der Waals surface area contributed by atoms with Gasteiger partial charge in [-0.25, -0.2) is 13.2 Å². The minimum atomic E-state index is -3.19. The van der Waals surface area contributed by atoms with Crippen molar-refractivity contribution >= 4 is 27.2 Å². The maximum atomic E-state index is 13.2. The van der Waals surface area contributed by atoms with E-state index in [1.54, 1.807) is 34.1 Å². The summed E-state index contributed by atoms with van der Waals surface area (Å²) < 4.78 is 30.0. The summed E-state index contributed by atoms with van der Waals surface area (Å²) in [5, 5.41) is 0. The summed E-state index contributed by atoms with van der Waals surface area (Å²) >= 11 is 0. The number of benzene rings is 2. The molecule has 2 aliphatic heterocycles. The van der Waals surface area contributed by atoms with Crippen molar-refractivity contribution in [3.8, 4) is 5.75 Å². The zero-order valence-electron chi connectivity index (χ0n) is 14.4. The van der Waals surface area contributed by atoms with Gasteiger partial charge in [0.05, 0.1) is 30.2 Å². The molecule has 0 spiro atoms. The first-order chi connectivity index (χ1) is 12.5. The van der Waals surface area contributed by atoms with Gasteiger partial charge in [-0.15, -0.1) is 0 Å². The number of para-hydroxylation sites is 1. The molecule has 0 N–H and O–H groups in total. The van der Waals surface area contributed by atoms with E-state index in [2.05, 4.69) is 0 Å². The van der Waals surface area contributed by atoms with Crippen LogP contribution in [0.3, 0.4) is 0 Å². The topological polar surface area (TPSA) is 66.9 Å². The molecule has 0 saturated carbocycles. The molecule has 2 saturated heterocycles. The van der Waals surface area contributed by atoms with E-state index in [-0.39, 0.29) is 29.6 Å². The van der Waals surface area contributed by atoms with E-state index in [1.807, 2.05) is 37.3 Å². The molecule has 4 rings (SSSR count). The van der Waals surface area contributed by atoms with Crippen LogP contribution in [0.5, 0.6) is 5.75 Å². The Hall–Kier alpha value is -2.54. The van der Waals surface area contributed by atoms with Gasteiger partial charge in [0.15, 0.2) is 9.84 Å². The van der Waals surface area contributed by atoms with Crippen molar-refractivity contribution in [2.75, 3.05) is 27.9 Å².